The van der Waals surface area contributed by atoms with Gasteiger partial charge in [-0.25, -0.2) is 0 Å². The minimum Gasteiger partial charge on any atom is -0.507 e. The number of hydrogen-bond acceptors (Lipinski definition) is 4. The van der Waals surface area contributed by atoms with Crippen molar-refractivity contribution in [3.8, 4) is 11.5 Å². The number of aromatic hydroxyl groups is 1. The molecule has 1 aliphatic carbocycles. The fraction of sp³-hybridized carbons (Fsp3) is 0.533. The predicted octanol–water partition coefficient (Wildman–Crippen LogP) is 2.09. The Morgan fingerprint density at radius 3 is 2.55 bits per heavy atom. The third kappa shape index (κ3) is 3.42. The van der Waals surface area contributed by atoms with Crippen molar-refractivity contribution in [3.63, 3.8) is 0 Å². The van der Waals surface area contributed by atoms with Gasteiger partial charge in [0.25, 0.3) is 5.91 Å². The Balaban J connectivity index is 1.98. The van der Waals surface area contributed by atoms with Crippen molar-refractivity contribution in [2.75, 3.05) is 14.2 Å². The van der Waals surface area contributed by atoms with Crippen LogP contribution < -0.4 is 10.1 Å². The lowest BCUT2D eigenvalue weighted by Crippen LogP contribution is -2.38. The standard InChI is InChI=1S/C15H21NO4/c1-19-11-5-3-10(4-6-11)16-15(18)13-9-12(20-2)7-8-14(13)17/h7-11,17H,3-6H2,1-2H3,(H,16,18). The quantitative estimate of drug-likeness (QED) is 0.885. The van der Waals surface area contributed by atoms with Gasteiger partial charge in [-0.15, -0.1) is 0 Å². The number of carbonyl (C=O) groups excluding carboxylic acids is 1. The molecule has 5 heteroatoms. The van der Waals surface area contributed by atoms with Crippen molar-refractivity contribution in [3.05, 3.63) is 23.8 Å². The van der Waals surface area contributed by atoms with Crippen LogP contribution in [0.4, 0.5) is 0 Å². The van der Waals surface area contributed by atoms with Crippen molar-refractivity contribution < 1.29 is 19.4 Å². The van der Waals surface area contributed by atoms with Gasteiger partial charge in [0, 0.05) is 13.2 Å². The van der Waals surface area contributed by atoms with Crippen LogP contribution in [0.25, 0.3) is 0 Å². The van der Waals surface area contributed by atoms with E-state index in [1.54, 1.807) is 19.2 Å². The molecule has 1 saturated carbocycles. The van der Waals surface area contributed by atoms with Gasteiger partial charge in [-0.3, -0.25) is 4.79 Å². The molecule has 0 radical (unpaired) electrons. The number of benzene rings is 1. The normalized spacial score (nSPS) is 22.3. The van der Waals surface area contributed by atoms with Gasteiger partial charge in [-0.2, -0.15) is 0 Å². The first kappa shape index (κ1) is 14.7. The third-order valence-electron chi connectivity index (χ3n) is 3.79. The Morgan fingerprint density at radius 2 is 1.95 bits per heavy atom. The van der Waals surface area contributed by atoms with Crippen molar-refractivity contribution in [2.24, 2.45) is 0 Å². The number of methoxy groups -OCH3 is 2. The number of amides is 1. The average molecular weight is 279 g/mol. The lowest BCUT2D eigenvalue weighted by atomic mass is 9.92. The summed E-state index contributed by atoms with van der Waals surface area (Å²) in [5, 5.41) is 12.7. The van der Waals surface area contributed by atoms with Crippen LogP contribution in [0, 0.1) is 0 Å². The van der Waals surface area contributed by atoms with Crippen LogP contribution in [-0.4, -0.2) is 37.4 Å². The fourth-order valence-electron chi connectivity index (χ4n) is 2.53. The van der Waals surface area contributed by atoms with Crippen LogP contribution in [0.5, 0.6) is 11.5 Å². The summed E-state index contributed by atoms with van der Waals surface area (Å²) in [6, 6.07) is 4.77. The molecule has 2 N–H and O–H groups in total. The van der Waals surface area contributed by atoms with E-state index >= 15 is 0 Å². The molecular formula is C15H21NO4. The molecule has 1 aromatic carbocycles. The van der Waals surface area contributed by atoms with Gasteiger partial charge in [0.1, 0.15) is 11.5 Å². The Kier molecular flexibility index (Phi) is 4.84. The van der Waals surface area contributed by atoms with E-state index in [1.165, 1.54) is 13.2 Å². The van der Waals surface area contributed by atoms with Crippen LogP contribution in [0.1, 0.15) is 36.0 Å². The highest BCUT2D eigenvalue weighted by Crippen LogP contribution is 2.25. The van der Waals surface area contributed by atoms with E-state index < -0.39 is 0 Å². The van der Waals surface area contributed by atoms with Crippen molar-refractivity contribution in [1.82, 2.24) is 5.32 Å². The van der Waals surface area contributed by atoms with Crippen molar-refractivity contribution >= 4 is 5.91 Å². The van der Waals surface area contributed by atoms with Crippen LogP contribution in [0.15, 0.2) is 18.2 Å². The highest BCUT2D eigenvalue weighted by molar-refractivity contribution is 5.97. The Morgan fingerprint density at radius 1 is 1.25 bits per heavy atom. The Labute approximate surface area is 118 Å². The Hall–Kier alpha value is -1.75. The number of hydrogen-bond donors (Lipinski definition) is 2. The molecule has 0 aromatic heterocycles. The van der Waals surface area contributed by atoms with Crippen LogP contribution >= 0.6 is 0 Å². The monoisotopic (exact) mass is 279 g/mol. The second-order valence-electron chi connectivity index (χ2n) is 5.07. The minimum atomic E-state index is -0.262. The maximum absolute atomic E-state index is 12.2. The van der Waals surface area contributed by atoms with Crippen LogP contribution in [0.3, 0.4) is 0 Å². The molecule has 0 saturated heterocycles. The molecule has 0 atom stereocenters. The first-order chi connectivity index (χ1) is 9.63. The van der Waals surface area contributed by atoms with E-state index in [2.05, 4.69) is 5.32 Å². The van der Waals surface area contributed by atoms with Gasteiger partial charge in [0.15, 0.2) is 0 Å². The molecule has 1 fully saturated rings. The highest BCUT2D eigenvalue weighted by Gasteiger charge is 2.23. The summed E-state index contributed by atoms with van der Waals surface area (Å²) in [7, 11) is 3.25. The molecule has 110 valence electrons. The number of nitrogens with one attached hydrogen (secondary N) is 1. The number of rotatable bonds is 4. The van der Waals surface area contributed by atoms with Crippen molar-refractivity contribution in [1.29, 1.82) is 0 Å². The average Bonchev–Trinajstić information content (AvgIpc) is 2.48. The molecule has 0 aliphatic heterocycles. The van der Waals surface area contributed by atoms with E-state index in [1.807, 2.05) is 0 Å². The van der Waals surface area contributed by atoms with Gasteiger partial charge in [0.05, 0.1) is 18.8 Å². The summed E-state index contributed by atoms with van der Waals surface area (Å²) in [5.74, 6) is 0.257. The molecule has 1 aromatic rings. The molecule has 1 amide bonds. The summed E-state index contributed by atoms with van der Waals surface area (Å²) in [6.45, 7) is 0. The Bertz CT molecular complexity index is 467. The SMILES string of the molecule is COc1ccc(O)c(C(=O)NC2CCC(OC)CC2)c1. The molecule has 5 nitrogen and oxygen atoms in total. The van der Waals surface area contributed by atoms with E-state index in [4.69, 9.17) is 9.47 Å². The lowest BCUT2D eigenvalue weighted by Gasteiger charge is -2.28. The maximum Gasteiger partial charge on any atom is 0.255 e. The predicted molar refractivity (Wildman–Crippen MR) is 75.2 cm³/mol. The summed E-state index contributed by atoms with van der Waals surface area (Å²) >= 11 is 0. The largest absolute Gasteiger partial charge is 0.507 e. The number of ether oxygens (including phenoxy) is 2. The van der Waals surface area contributed by atoms with Gasteiger partial charge in [-0.1, -0.05) is 0 Å². The third-order valence-corrected chi connectivity index (χ3v) is 3.79. The smallest absolute Gasteiger partial charge is 0.255 e. The summed E-state index contributed by atoms with van der Waals surface area (Å²) in [6.07, 6.45) is 3.99. The van der Waals surface area contributed by atoms with E-state index in [0.717, 1.165) is 25.7 Å². The molecule has 0 spiro atoms. The van der Waals surface area contributed by atoms with Gasteiger partial charge in [-0.05, 0) is 43.9 Å². The molecule has 0 heterocycles. The van der Waals surface area contributed by atoms with Gasteiger partial charge in [0.2, 0.25) is 0 Å². The fourth-order valence-corrected chi connectivity index (χ4v) is 2.53. The summed E-state index contributed by atoms with van der Waals surface area (Å²) < 4.78 is 10.4. The van der Waals surface area contributed by atoms with Crippen molar-refractivity contribution in [2.45, 2.75) is 37.8 Å². The molecule has 20 heavy (non-hydrogen) atoms. The van der Waals surface area contributed by atoms with E-state index in [-0.39, 0.29) is 23.3 Å². The lowest BCUT2D eigenvalue weighted by molar-refractivity contribution is 0.0598. The van der Waals surface area contributed by atoms with E-state index in [9.17, 15) is 9.90 Å². The molecule has 0 bridgehead atoms. The molecule has 1 aliphatic rings. The first-order valence-electron chi connectivity index (χ1n) is 6.84. The first-order valence-corrected chi connectivity index (χ1v) is 6.84. The van der Waals surface area contributed by atoms with Crippen LogP contribution in [0.2, 0.25) is 0 Å². The number of phenols is 1. The molecule has 2 rings (SSSR count). The van der Waals surface area contributed by atoms with Crippen LogP contribution in [-0.2, 0) is 4.74 Å². The summed E-state index contributed by atoms with van der Waals surface area (Å²) in [4.78, 5) is 12.2. The second kappa shape index (κ2) is 6.61. The zero-order chi connectivity index (χ0) is 14.5. The number of phenolic OH excluding ortho intramolecular Hbond substituents is 1. The maximum atomic E-state index is 12.2. The number of carbonyl (C=O) groups is 1. The zero-order valence-corrected chi connectivity index (χ0v) is 11.9. The minimum absolute atomic E-state index is 0.0334. The topological polar surface area (TPSA) is 67.8 Å². The summed E-state index contributed by atoms with van der Waals surface area (Å²) in [5.41, 5.74) is 0.248. The van der Waals surface area contributed by atoms with E-state index in [0.29, 0.717) is 11.9 Å². The highest BCUT2D eigenvalue weighted by atomic mass is 16.5. The second-order valence-corrected chi connectivity index (χ2v) is 5.07. The van der Waals surface area contributed by atoms with Gasteiger partial charge >= 0.3 is 0 Å². The zero-order valence-electron chi connectivity index (χ0n) is 11.9. The molecular weight excluding hydrogens is 258 g/mol. The molecule has 0 unspecified atom stereocenters. The van der Waals surface area contributed by atoms with Gasteiger partial charge < -0.3 is 19.9 Å².